The summed E-state index contributed by atoms with van der Waals surface area (Å²) in [6.07, 6.45) is 0. The number of hydrogen-bond donors (Lipinski definition) is 1. The molecule has 0 radical (unpaired) electrons. The van der Waals surface area contributed by atoms with E-state index in [-0.39, 0.29) is 27.1 Å². The third-order valence-electron chi connectivity index (χ3n) is 3.53. The maximum Gasteiger partial charge on any atom is 0.163 e. The second-order valence-electron chi connectivity index (χ2n) is 5.17. The van der Waals surface area contributed by atoms with Gasteiger partial charge in [-0.1, -0.05) is 41.4 Å². The summed E-state index contributed by atoms with van der Waals surface area (Å²) < 4.78 is 1.30. The van der Waals surface area contributed by atoms with Crippen LogP contribution in [-0.2, 0) is 7.05 Å². The molecular formula is C16H12Cl2N6O. The number of nitrogens with zero attached hydrogens (tertiary/aromatic N) is 6. The summed E-state index contributed by atoms with van der Waals surface area (Å²) in [4.78, 5) is 1.39. The summed E-state index contributed by atoms with van der Waals surface area (Å²) in [5, 5.41) is 32.8. The number of hydrogen-bond acceptors (Lipinski definition) is 5. The molecule has 0 spiro atoms. The number of aliphatic hydroxyl groups excluding tert-OH is 1. The molecule has 0 saturated carbocycles. The first-order chi connectivity index (χ1) is 11.9. The Morgan fingerprint density at radius 1 is 1.16 bits per heavy atom. The second kappa shape index (κ2) is 6.59. The Balaban J connectivity index is 2.17. The highest BCUT2D eigenvalue weighted by atomic mass is 35.5. The zero-order valence-corrected chi connectivity index (χ0v) is 14.8. The van der Waals surface area contributed by atoms with Crippen LogP contribution in [-0.4, -0.2) is 29.9 Å². The van der Waals surface area contributed by atoms with Crippen LogP contribution in [0.2, 0.25) is 10.3 Å². The van der Waals surface area contributed by atoms with Gasteiger partial charge in [0.2, 0.25) is 0 Å². The van der Waals surface area contributed by atoms with Gasteiger partial charge >= 0.3 is 0 Å². The number of aromatic nitrogens is 5. The smallest absolute Gasteiger partial charge is 0.163 e. The van der Waals surface area contributed by atoms with Crippen molar-refractivity contribution in [3.05, 3.63) is 57.6 Å². The fourth-order valence-corrected chi connectivity index (χ4v) is 2.86. The van der Waals surface area contributed by atoms with Crippen molar-refractivity contribution in [3.8, 4) is 11.8 Å². The molecule has 0 saturated heterocycles. The average Bonchev–Trinajstić information content (AvgIpc) is 3.09. The summed E-state index contributed by atoms with van der Waals surface area (Å²) >= 11 is 12.1. The molecule has 3 rings (SSSR count). The Hall–Kier alpha value is -2.82. The number of allylic oxidation sites excluding steroid dienone is 1. The van der Waals surface area contributed by atoms with Crippen molar-refractivity contribution in [2.75, 3.05) is 0 Å². The van der Waals surface area contributed by atoms with Crippen LogP contribution in [0, 0.1) is 18.3 Å². The molecule has 25 heavy (non-hydrogen) atoms. The van der Waals surface area contributed by atoms with E-state index in [2.05, 4.69) is 15.3 Å². The second-order valence-corrected chi connectivity index (χ2v) is 5.89. The molecule has 2 aromatic heterocycles. The maximum absolute atomic E-state index is 10.6. The number of nitriles is 1. The lowest BCUT2D eigenvalue weighted by molar-refractivity contribution is 0.514. The number of halogens is 2. The molecule has 1 aromatic carbocycles. The van der Waals surface area contributed by atoms with Crippen molar-refractivity contribution in [1.82, 2.24) is 24.8 Å². The summed E-state index contributed by atoms with van der Waals surface area (Å²) in [6, 6.07) is 11.2. The largest absolute Gasteiger partial charge is 0.506 e. The van der Waals surface area contributed by atoms with Crippen molar-refractivity contribution < 1.29 is 5.11 Å². The first-order valence-electron chi connectivity index (χ1n) is 7.15. The molecule has 9 heteroatoms. The fourth-order valence-electron chi connectivity index (χ4n) is 2.30. The van der Waals surface area contributed by atoms with Crippen molar-refractivity contribution >= 4 is 34.5 Å². The summed E-state index contributed by atoms with van der Waals surface area (Å²) in [5.74, 6) is -0.395. The predicted molar refractivity (Wildman–Crippen MR) is 94.4 cm³/mol. The third-order valence-corrected chi connectivity index (χ3v) is 4.22. The van der Waals surface area contributed by atoms with Crippen LogP contribution in [0.15, 0.2) is 30.3 Å². The Bertz CT molecular complexity index is 1010. The van der Waals surface area contributed by atoms with E-state index < -0.39 is 5.76 Å². The minimum Gasteiger partial charge on any atom is -0.506 e. The standard InChI is InChI=1S/C16H12Cl2N6O/c1-9-13(21-24(20-9)10-6-4-3-5-7-10)11(8-19)14(25)12-15(17)22-23(2)16(12)18/h3-7,25H,1-2H3. The number of benzene rings is 1. The molecule has 0 amide bonds. The zero-order chi connectivity index (χ0) is 18.1. The molecule has 0 unspecified atom stereocenters. The van der Waals surface area contributed by atoms with E-state index in [1.165, 1.54) is 9.48 Å². The first kappa shape index (κ1) is 17.0. The fraction of sp³-hybridized carbons (Fsp3) is 0.125. The van der Waals surface area contributed by atoms with Gasteiger partial charge in [0, 0.05) is 7.05 Å². The van der Waals surface area contributed by atoms with E-state index in [0.717, 1.165) is 5.69 Å². The van der Waals surface area contributed by atoms with Gasteiger partial charge in [0.15, 0.2) is 5.15 Å². The predicted octanol–water partition coefficient (Wildman–Crippen LogP) is 3.57. The van der Waals surface area contributed by atoms with Gasteiger partial charge in [0.05, 0.1) is 16.9 Å². The Labute approximate surface area is 153 Å². The lowest BCUT2D eigenvalue weighted by atomic mass is 10.1. The molecule has 0 bridgehead atoms. The Morgan fingerprint density at radius 3 is 2.40 bits per heavy atom. The van der Waals surface area contributed by atoms with Gasteiger partial charge in [-0.25, -0.2) is 0 Å². The third kappa shape index (κ3) is 2.97. The minimum absolute atomic E-state index is 0.00847. The van der Waals surface area contributed by atoms with Crippen LogP contribution in [0.4, 0.5) is 0 Å². The van der Waals surface area contributed by atoms with Crippen molar-refractivity contribution in [1.29, 1.82) is 5.26 Å². The van der Waals surface area contributed by atoms with Gasteiger partial charge in [-0.15, -0.1) is 5.10 Å². The van der Waals surface area contributed by atoms with Gasteiger partial charge in [0.1, 0.15) is 28.2 Å². The van der Waals surface area contributed by atoms with Gasteiger partial charge in [-0.3, -0.25) is 4.68 Å². The van der Waals surface area contributed by atoms with E-state index in [4.69, 9.17) is 23.2 Å². The zero-order valence-electron chi connectivity index (χ0n) is 13.3. The quantitative estimate of drug-likeness (QED) is 0.558. The van der Waals surface area contributed by atoms with E-state index >= 15 is 0 Å². The molecule has 3 aromatic rings. The summed E-state index contributed by atoms with van der Waals surface area (Å²) in [7, 11) is 1.58. The molecule has 0 aliphatic heterocycles. The van der Waals surface area contributed by atoms with Gasteiger partial charge in [-0.05, 0) is 19.1 Å². The van der Waals surface area contributed by atoms with E-state index in [0.29, 0.717) is 5.69 Å². The van der Waals surface area contributed by atoms with Crippen molar-refractivity contribution in [3.63, 3.8) is 0 Å². The SMILES string of the molecule is Cc1nn(-c2ccccc2)nc1C(C#N)=C(O)c1c(Cl)nn(C)c1Cl. The maximum atomic E-state index is 10.6. The molecule has 2 heterocycles. The van der Waals surface area contributed by atoms with Crippen LogP contribution in [0.5, 0.6) is 0 Å². The molecule has 0 aliphatic rings. The summed E-state index contributed by atoms with van der Waals surface area (Å²) in [6.45, 7) is 1.69. The number of para-hydroxylation sites is 1. The monoisotopic (exact) mass is 374 g/mol. The molecule has 0 fully saturated rings. The molecule has 7 nitrogen and oxygen atoms in total. The van der Waals surface area contributed by atoms with Gasteiger partial charge in [-0.2, -0.15) is 20.3 Å². The van der Waals surface area contributed by atoms with Crippen LogP contribution in [0.1, 0.15) is 17.0 Å². The minimum atomic E-state index is -0.395. The van der Waals surface area contributed by atoms with Crippen LogP contribution in [0.3, 0.4) is 0 Å². The Kier molecular flexibility index (Phi) is 4.49. The van der Waals surface area contributed by atoms with Crippen molar-refractivity contribution in [2.24, 2.45) is 7.05 Å². The summed E-state index contributed by atoms with van der Waals surface area (Å²) in [5.41, 5.74) is 1.43. The van der Waals surface area contributed by atoms with E-state index in [1.807, 2.05) is 36.4 Å². The molecule has 0 aliphatic carbocycles. The van der Waals surface area contributed by atoms with Crippen molar-refractivity contribution in [2.45, 2.75) is 6.92 Å². The molecule has 1 N–H and O–H groups in total. The van der Waals surface area contributed by atoms with Gasteiger partial charge < -0.3 is 5.11 Å². The number of aryl methyl sites for hydroxylation is 2. The molecular weight excluding hydrogens is 363 g/mol. The lowest BCUT2D eigenvalue weighted by Gasteiger charge is -2.02. The number of rotatable bonds is 3. The highest BCUT2D eigenvalue weighted by molar-refractivity contribution is 6.36. The Morgan fingerprint density at radius 2 is 1.84 bits per heavy atom. The van der Waals surface area contributed by atoms with E-state index in [1.54, 1.807) is 14.0 Å². The van der Waals surface area contributed by atoms with Crippen LogP contribution < -0.4 is 0 Å². The molecule has 0 atom stereocenters. The first-order valence-corrected chi connectivity index (χ1v) is 7.91. The van der Waals surface area contributed by atoms with Gasteiger partial charge in [0.25, 0.3) is 0 Å². The van der Waals surface area contributed by atoms with E-state index in [9.17, 15) is 10.4 Å². The number of aliphatic hydroxyl groups is 1. The molecule has 126 valence electrons. The average molecular weight is 375 g/mol. The van der Waals surface area contributed by atoms with Crippen LogP contribution >= 0.6 is 23.2 Å². The highest BCUT2D eigenvalue weighted by Gasteiger charge is 2.24. The lowest BCUT2D eigenvalue weighted by Crippen LogP contribution is -1.99. The normalized spacial score (nSPS) is 12.0. The van der Waals surface area contributed by atoms with Crippen LogP contribution in [0.25, 0.3) is 17.0 Å². The highest BCUT2D eigenvalue weighted by Crippen LogP contribution is 2.33. The topological polar surface area (TPSA) is 92.6 Å².